The molecule has 1 aliphatic carbocycles. The molecule has 0 spiro atoms. The van der Waals surface area contributed by atoms with Crippen LogP contribution < -0.4 is 5.32 Å². The van der Waals surface area contributed by atoms with Gasteiger partial charge in [0.15, 0.2) is 0 Å². The number of benzene rings is 3. The third-order valence-electron chi connectivity index (χ3n) is 8.05. The Morgan fingerprint density at radius 2 is 1.68 bits per heavy atom. The van der Waals surface area contributed by atoms with Crippen molar-refractivity contribution in [3.05, 3.63) is 108 Å². The predicted molar refractivity (Wildman–Crippen MR) is 140 cm³/mol. The van der Waals surface area contributed by atoms with Gasteiger partial charge in [-0.25, -0.2) is 14.6 Å². The van der Waals surface area contributed by atoms with E-state index in [4.69, 9.17) is 0 Å². The summed E-state index contributed by atoms with van der Waals surface area (Å²) in [6.07, 6.45) is 6.73. The van der Waals surface area contributed by atoms with E-state index < -0.39 is 16.0 Å². The Balaban J connectivity index is 1.38. The van der Waals surface area contributed by atoms with E-state index in [1.165, 1.54) is 0 Å². The molecule has 1 aromatic heterocycles. The number of hydrogen-bond acceptors (Lipinski definition) is 4. The van der Waals surface area contributed by atoms with Crippen molar-refractivity contribution in [1.82, 2.24) is 14.9 Å². The van der Waals surface area contributed by atoms with E-state index in [-0.39, 0.29) is 18.6 Å². The molecule has 3 aromatic carbocycles. The molecule has 2 heterocycles. The fraction of sp³-hybridized carbons (Fsp3) is 0.233. The summed E-state index contributed by atoms with van der Waals surface area (Å²) in [5.74, 6) is -0.490. The minimum absolute atomic E-state index is 0.249. The number of para-hydroxylation sites is 1. The van der Waals surface area contributed by atoms with Crippen molar-refractivity contribution in [3.63, 3.8) is 0 Å². The maximum Gasteiger partial charge on any atom is 0.424 e. The number of aliphatic hydroxyl groups is 1. The number of nitrogens with zero attached hydrogens (tertiary/aromatic N) is 3. The summed E-state index contributed by atoms with van der Waals surface area (Å²) in [5, 5.41) is 15.3. The number of carbonyl (C=O) groups excluding carboxylic acids is 2. The molecule has 6 rings (SSSR count). The van der Waals surface area contributed by atoms with Crippen LogP contribution in [0.5, 0.6) is 0 Å². The smallest absolute Gasteiger partial charge is 0.369 e. The van der Waals surface area contributed by atoms with Crippen molar-refractivity contribution in [2.75, 3.05) is 6.54 Å². The Labute approximate surface area is 215 Å². The number of amides is 3. The lowest BCUT2D eigenvalue weighted by molar-refractivity contribution is -0.788. The molecule has 3 amide bonds. The molecule has 1 saturated heterocycles. The molecular weight excluding hydrogens is 464 g/mol. The van der Waals surface area contributed by atoms with Crippen molar-refractivity contribution in [3.8, 4) is 16.8 Å². The molecule has 2 aliphatic rings. The van der Waals surface area contributed by atoms with Crippen LogP contribution in [0.3, 0.4) is 0 Å². The molecule has 0 saturated carbocycles. The van der Waals surface area contributed by atoms with Gasteiger partial charge in [-0.05, 0) is 29.7 Å². The van der Waals surface area contributed by atoms with Crippen LogP contribution in [0.2, 0.25) is 0 Å². The van der Waals surface area contributed by atoms with Gasteiger partial charge in [0.2, 0.25) is 5.60 Å². The summed E-state index contributed by atoms with van der Waals surface area (Å²) >= 11 is 0. The van der Waals surface area contributed by atoms with Crippen LogP contribution in [0.1, 0.15) is 36.5 Å². The largest absolute Gasteiger partial charge is 0.424 e. The number of nitrogens with one attached hydrogen (secondary N) is 1. The van der Waals surface area contributed by atoms with E-state index in [1.54, 1.807) is 24.7 Å². The summed E-state index contributed by atoms with van der Waals surface area (Å²) in [7, 11) is 0. The number of imide groups is 1. The zero-order chi connectivity index (χ0) is 25.6. The number of imidazole rings is 1. The normalized spacial score (nSPS) is 21.3. The molecule has 1 unspecified atom stereocenters. The average Bonchev–Trinajstić information content (AvgIpc) is 3.66. The number of aromatic nitrogens is 2. The van der Waals surface area contributed by atoms with Crippen LogP contribution >= 0.6 is 0 Å². The van der Waals surface area contributed by atoms with Gasteiger partial charge in [0.25, 0.3) is 0 Å². The minimum atomic E-state index is -1.90. The molecule has 37 heavy (non-hydrogen) atoms. The lowest BCUT2D eigenvalue weighted by atomic mass is 9.88. The lowest BCUT2D eigenvalue weighted by Gasteiger charge is -2.38. The van der Waals surface area contributed by atoms with Crippen LogP contribution in [0.15, 0.2) is 91.5 Å². The van der Waals surface area contributed by atoms with Gasteiger partial charge in [0, 0.05) is 36.4 Å². The van der Waals surface area contributed by atoms with Gasteiger partial charge in [-0.3, -0.25) is 0 Å². The predicted octanol–water partition coefficient (Wildman–Crippen LogP) is 4.52. The summed E-state index contributed by atoms with van der Waals surface area (Å²) in [6.45, 7) is 2.53. The summed E-state index contributed by atoms with van der Waals surface area (Å²) in [6, 6.07) is 22.0. The first kappa shape index (κ1) is 23.3. The zero-order valence-electron chi connectivity index (χ0n) is 20.7. The average molecular weight is 494 g/mol. The van der Waals surface area contributed by atoms with Crippen LogP contribution in [0, 0.1) is 0 Å². The van der Waals surface area contributed by atoms with E-state index in [2.05, 4.69) is 10.3 Å². The maximum absolute atomic E-state index is 14.6. The third kappa shape index (κ3) is 3.38. The molecule has 0 bridgehead atoms. The molecule has 2 N–H and O–H groups in total. The number of likely N-dealkylation sites (tertiary alicyclic amines) is 1. The zero-order valence-corrected chi connectivity index (χ0v) is 20.7. The van der Waals surface area contributed by atoms with Crippen molar-refractivity contribution in [1.29, 1.82) is 0 Å². The minimum Gasteiger partial charge on any atom is -0.369 e. The summed E-state index contributed by atoms with van der Waals surface area (Å²) in [5.41, 5.74) is 2.64. The van der Waals surface area contributed by atoms with E-state index in [1.807, 2.05) is 78.4 Å². The monoisotopic (exact) mass is 493 g/mol. The number of fused-ring (bicyclic) bond motifs is 3. The molecule has 7 heteroatoms. The maximum atomic E-state index is 14.6. The number of rotatable bonds is 4. The van der Waals surface area contributed by atoms with E-state index >= 15 is 0 Å². The van der Waals surface area contributed by atoms with Gasteiger partial charge in [-0.2, -0.15) is 4.48 Å². The van der Waals surface area contributed by atoms with Crippen molar-refractivity contribution in [2.45, 2.75) is 38.0 Å². The van der Waals surface area contributed by atoms with Gasteiger partial charge >= 0.3 is 11.9 Å². The number of quaternary nitrogens is 1. The quantitative estimate of drug-likeness (QED) is 0.410. The Kier molecular flexibility index (Phi) is 5.55. The first-order valence-corrected chi connectivity index (χ1v) is 12.7. The molecule has 7 nitrogen and oxygen atoms in total. The number of carbonyl (C=O) groups is 2. The van der Waals surface area contributed by atoms with E-state index in [9.17, 15) is 14.7 Å². The number of hydrogen-bond donors (Lipinski definition) is 2. The highest BCUT2D eigenvalue weighted by Gasteiger charge is 2.63. The Morgan fingerprint density at radius 1 is 1.03 bits per heavy atom. The Morgan fingerprint density at radius 3 is 2.30 bits per heavy atom. The second-order valence-electron chi connectivity index (χ2n) is 9.95. The standard InChI is InChI=1S/C30H28N4O3/c1-21-9-8-18-34(21,29(36)32-19-22-10-2-7-15-27(22)33-17-16-31-20-33)28(35)30(37)25-13-5-3-11-23(25)24-12-4-6-14-26(24)30/h2-7,10-17,20-21,37H,8-9,18-19H2,1H3/p+1/t21-,34?/m1/s1. The van der Waals surface area contributed by atoms with Crippen LogP contribution in [-0.2, 0) is 16.9 Å². The Hall–Kier alpha value is -4.07. The fourth-order valence-electron chi connectivity index (χ4n) is 6.13. The topological polar surface area (TPSA) is 84.2 Å². The summed E-state index contributed by atoms with van der Waals surface area (Å²) < 4.78 is 1.46. The van der Waals surface area contributed by atoms with Crippen molar-refractivity contribution >= 4 is 11.9 Å². The van der Waals surface area contributed by atoms with Gasteiger partial charge in [0.05, 0.1) is 25.1 Å². The molecule has 186 valence electrons. The highest BCUT2D eigenvalue weighted by molar-refractivity contribution is 5.99. The van der Waals surface area contributed by atoms with Crippen LogP contribution in [0.25, 0.3) is 16.8 Å². The van der Waals surface area contributed by atoms with E-state index in [0.717, 1.165) is 35.2 Å². The van der Waals surface area contributed by atoms with Gasteiger partial charge < -0.3 is 15.0 Å². The first-order chi connectivity index (χ1) is 18.0. The van der Waals surface area contributed by atoms with Gasteiger partial charge in [-0.15, -0.1) is 0 Å². The molecular formula is C30H29N4O3+. The van der Waals surface area contributed by atoms with Gasteiger partial charge in [-0.1, -0.05) is 66.7 Å². The fourth-order valence-corrected chi connectivity index (χ4v) is 6.13. The molecule has 0 radical (unpaired) electrons. The third-order valence-corrected chi connectivity index (χ3v) is 8.05. The second-order valence-corrected chi connectivity index (χ2v) is 9.95. The molecule has 1 fully saturated rings. The number of urea groups is 1. The van der Waals surface area contributed by atoms with Crippen molar-refractivity contribution in [2.24, 2.45) is 0 Å². The molecule has 2 atom stereocenters. The summed E-state index contributed by atoms with van der Waals surface area (Å²) in [4.78, 5) is 32.7. The lowest BCUT2D eigenvalue weighted by Crippen LogP contribution is -2.67. The first-order valence-electron chi connectivity index (χ1n) is 12.7. The van der Waals surface area contributed by atoms with Crippen LogP contribution in [0.4, 0.5) is 4.79 Å². The van der Waals surface area contributed by atoms with Crippen molar-refractivity contribution < 1.29 is 19.2 Å². The molecule has 1 aliphatic heterocycles. The highest BCUT2D eigenvalue weighted by Crippen LogP contribution is 2.50. The van der Waals surface area contributed by atoms with Crippen LogP contribution in [-0.4, -0.2) is 43.7 Å². The Bertz CT molecular complexity index is 1450. The molecule has 4 aromatic rings. The second kappa shape index (κ2) is 8.80. The van der Waals surface area contributed by atoms with Gasteiger partial charge in [0.1, 0.15) is 6.04 Å². The highest BCUT2D eigenvalue weighted by atomic mass is 16.3. The van der Waals surface area contributed by atoms with E-state index in [0.29, 0.717) is 17.7 Å². The SMILES string of the molecule is C[C@@H]1CCC[N+]1(C(=O)NCc1ccccc1-n1ccnc1)C(=O)C1(O)c2ccccc2-c2ccccc21.